The maximum Gasteiger partial charge on any atom is 0.134 e. The molecule has 1 fully saturated rings. The zero-order valence-electron chi connectivity index (χ0n) is 12.1. The lowest BCUT2D eigenvalue weighted by atomic mass is 9.79. The van der Waals surface area contributed by atoms with Crippen molar-refractivity contribution in [2.24, 2.45) is 5.73 Å². The maximum atomic E-state index is 14.2. The molecule has 0 bridgehead atoms. The monoisotopic (exact) mass is 287 g/mol. The first-order chi connectivity index (χ1) is 10.1. The van der Waals surface area contributed by atoms with Gasteiger partial charge in [-0.1, -0.05) is 36.8 Å². The van der Waals surface area contributed by atoms with E-state index in [1.807, 2.05) is 18.2 Å². The molecule has 3 heteroatoms. The van der Waals surface area contributed by atoms with Gasteiger partial charge in [0.25, 0.3) is 0 Å². The Kier molecular flexibility index (Phi) is 3.77. The molecule has 1 unspecified atom stereocenters. The number of hydrogen-bond donors (Lipinski definition) is 1. The first-order valence-electron chi connectivity index (χ1n) is 7.38. The lowest BCUT2D eigenvalue weighted by molar-refractivity contribution is 0.419. The van der Waals surface area contributed by atoms with Gasteiger partial charge in [-0.2, -0.15) is 0 Å². The van der Waals surface area contributed by atoms with Crippen molar-refractivity contribution in [2.45, 2.75) is 38.1 Å². The lowest BCUT2D eigenvalue weighted by Crippen LogP contribution is -2.17. The molecule has 1 atom stereocenters. The highest BCUT2D eigenvalue weighted by molar-refractivity contribution is 5.38. The second kappa shape index (κ2) is 5.57. The molecule has 2 aromatic rings. The minimum atomic E-state index is -0.773. The van der Waals surface area contributed by atoms with E-state index in [1.165, 1.54) is 37.0 Å². The summed E-state index contributed by atoms with van der Waals surface area (Å²) < 4.78 is 28.2. The summed E-state index contributed by atoms with van der Waals surface area (Å²) in [6.45, 7) is 1.62. The van der Waals surface area contributed by atoms with Gasteiger partial charge in [0.05, 0.1) is 6.04 Å². The van der Waals surface area contributed by atoms with Gasteiger partial charge in [0.15, 0.2) is 0 Å². The molecule has 21 heavy (non-hydrogen) atoms. The zero-order valence-corrected chi connectivity index (χ0v) is 12.1. The third-order valence-corrected chi connectivity index (χ3v) is 4.48. The van der Waals surface area contributed by atoms with E-state index >= 15 is 0 Å². The van der Waals surface area contributed by atoms with E-state index in [4.69, 9.17) is 5.73 Å². The van der Waals surface area contributed by atoms with Crippen LogP contribution in [0.3, 0.4) is 0 Å². The molecule has 0 radical (unpaired) electrons. The third-order valence-electron chi connectivity index (χ3n) is 4.48. The van der Waals surface area contributed by atoms with Crippen molar-refractivity contribution in [3.8, 4) is 0 Å². The molecule has 3 rings (SSSR count). The summed E-state index contributed by atoms with van der Waals surface area (Å²) in [6.07, 6.45) is 3.62. The van der Waals surface area contributed by atoms with E-state index in [0.29, 0.717) is 11.5 Å². The predicted molar refractivity (Wildman–Crippen MR) is 80.2 cm³/mol. The van der Waals surface area contributed by atoms with E-state index in [9.17, 15) is 8.78 Å². The van der Waals surface area contributed by atoms with Gasteiger partial charge in [-0.15, -0.1) is 0 Å². The number of benzene rings is 2. The number of nitrogens with two attached hydrogens (primary N) is 1. The summed E-state index contributed by atoms with van der Waals surface area (Å²) in [4.78, 5) is 0. The molecule has 0 aromatic heterocycles. The Hall–Kier alpha value is -1.74. The Labute approximate surface area is 123 Å². The summed E-state index contributed by atoms with van der Waals surface area (Å²) in [7, 11) is 0. The van der Waals surface area contributed by atoms with Gasteiger partial charge in [0.2, 0.25) is 0 Å². The average Bonchev–Trinajstić information content (AvgIpc) is 2.42. The fraction of sp³-hybridized carbons (Fsp3) is 0.333. The van der Waals surface area contributed by atoms with Crippen LogP contribution < -0.4 is 5.73 Å². The average molecular weight is 287 g/mol. The van der Waals surface area contributed by atoms with Crippen molar-refractivity contribution >= 4 is 0 Å². The van der Waals surface area contributed by atoms with Crippen LogP contribution in [0.2, 0.25) is 0 Å². The third kappa shape index (κ3) is 2.58. The van der Waals surface area contributed by atoms with Gasteiger partial charge >= 0.3 is 0 Å². The van der Waals surface area contributed by atoms with Crippen molar-refractivity contribution < 1.29 is 8.78 Å². The molecule has 0 aliphatic heterocycles. The Morgan fingerprint density at radius 1 is 1.14 bits per heavy atom. The maximum absolute atomic E-state index is 14.2. The second-order valence-corrected chi connectivity index (χ2v) is 5.87. The van der Waals surface area contributed by atoms with Crippen LogP contribution in [0.25, 0.3) is 0 Å². The van der Waals surface area contributed by atoms with Crippen molar-refractivity contribution in [1.82, 2.24) is 0 Å². The highest BCUT2D eigenvalue weighted by Gasteiger charge is 2.23. The number of hydrogen-bond acceptors (Lipinski definition) is 1. The van der Waals surface area contributed by atoms with Gasteiger partial charge in [0, 0.05) is 5.56 Å². The fourth-order valence-corrected chi connectivity index (χ4v) is 2.88. The summed E-state index contributed by atoms with van der Waals surface area (Å²) in [6, 6.07) is 9.78. The van der Waals surface area contributed by atoms with E-state index in [0.717, 1.165) is 5.56 Å². The van der Waals surface area contributed by atoms with Gasteiger partial charge in [-0.25, -0.2) is 8.78 Å². The lowest BCUT2D eigenvalue weighted by Gasteiger charge is -2.26. The summed E-state index contributed by atoms with van der Waals surface area (Å²) >= 11 is 0. The topological polar surface area (TPSA) is 26.0 Å². The number of aryl methyl sites for hydroxylation is 1. The Bertz CT molecular complexity index is 662. The summed E-state index contributed by atoms with van der Waals surface area (Å²) in [5.74, 6) is -0.555. The fourth-order valence-electron chi connectivity index (χ4n) is 2.88. The van der Waals surface area contributed by atoms with Crippen LogP contribution in [0.1, 0.15) is 53.5 Å². The Morgan fingerprint density at radius 3 is 2.57 bits per heavy atom. The Morgan fingerprint density at radius 2 is 1.90 bits per heavy atom. The smallest absolute Gasteiger partial charge is 0.134 e. The molecule has 1 aliphatic carbocycles. The van der Waals surface area contributed by atoms with Gasteiger partial charge in [-0.05, 0) is 48.4 Å². The van der Waals surface area contributed by atoms with Crippen molar-refractivity contribution in [3.05, 3.63) is 70.3 Å². The van der Waals surface area contributed by atoms with Crippen LogP contribution in [-0.4, -0.2) is 0 Å². The highest BCUT2D eigenvalue weighted by Crippen LogP contribution is 2.37. The first-order valence-corrected chi connectivity index (χ1v) is 7.38. The van der Waals surface area contributed by atoms with Crippen molar-refractivity contribution in [1.29, 1.82) is 0 Å². The SMILES string of the molecule is Cc1ccc(F)c(C(N)c2cccc(C3CCC3)c2)c1F. The molecule has 0 spiro atoms. The normalized spacial score (nSPS) is 16.6. The van der Waals surface area contributed by atoms with Crippen LogP contribution in [-0.2, 0) is 0 Å². The van der Waals surface area contributed by atoms with Crippen LogP contribution in [0, 0.1) is 18.6 Å². The molecule has 110 valence electrons. The molecule has 0 amide bonds. The Balaban J connectivity index is 1.98. The van der Waals surface area contributed by atoms with Gasteiger partial charge in [-0.3, -0.25) is 0 Å². The standard InChI is InChI=1S/C18H19F2N/c1-11-8-9-15(19)16(17(11)20)18(21)14-7-3-6-13(10-14)12-4-2-5-12/h3,6-10,12,18H,2,4-5,21H2,1H3. The van der Waals surface area contributed by atoms with Crippen LogP contribution >= 0.6 is 0 Å². The van der Waals surface area contributed by atoms with Gasteiger partial charge in [0.1, 0.15) is 11.6 Å². The molecular weight excluding hydrogens is 268 g/mol. The van der Waals surface area contributed by atoms with Crippen LogP contribution in [0.15, 0.2) is 36.4 Å². The van der Waals surface area contributed by atoms with Crippen molar-refractivity contribution in [2.75, 3.05) is 0 Å². The molecule has 1 nitrogen and oxygen atoms in total. The van der Waals surface area contributed by atoms with E-state index in [2.05, 4.69) is 6.07 Å². The van der Waals surface area contributed by atoms with Crippen molar-refractivity contribution in [3.63, 3.8) is 0 Å². The predicted octanol–water partition coefficient (Wildman–Crippen LogP) is 4.59. The first kappa shape index (κ1) is 14.2. The van der Waals surface area contributed by atoms with E-state index in [-0.39, 0.29) is 5.56 Å². The molecule has 1 saturated carbocycles. The van der Waals surface area contributed by atoms with Crippen LogP contribution in [0.4, 0.5) is 8.78 Å². The summed E-state index contributed by atoms with van der Waals surface area (Å²) in [5.41, 5.74) is 8.50. The van der Waals surface area contributed by atoms with E-state index in [1.54, 1.807) is 6.92 Å². The van der Waals surface area contributed by atoms with Crippen LogP contribution in [0.5, 0.6) is 0 Å². The molecule has 2 aromatic carbocycles. The number of rotatable bonds is 3. The molecule has 2 N–H and O–H groups in total. The minimum Gasteiger partial charge on any atom is -0.320 e. The molecule has 0 saturated heterocycles. The minimum absolute atomic E-state index is 0.0410. The largest absolute Gasteiger partial charge is 0.320 e. The van der Waals surface area contributed by atoms with E-state index < -0.39 is 17.7 Å². The van der Waals surface area contributed by atoms with Gasteiger partial charge < -0.3 is 5.73 Å². The zero-order chi connectivity index (χ0) is 15.0. The molecule has 1 aliphatic rings. The highest BCUT2D eigenvalue weighted by atomic mass is 19.1. The molecule has 0 heterocycles. The summed E-state index contributed by atoms with van der Waals surface area (Å²) in [5, 5.41) is 0. The second-order valence-electron chi connectivity index (χ2n) is 5.87. The quantitative estimate of drug-likeness (QED) is 0.878. The molecular formula is C18H19F2N. The number of halogens is 2.